The monoisotopic (exact) mass is 494 g/mol. The summed E-state index contributed by atoms with van der Waals surface area (Å²) in [5.41, 5.74) is 3.71. The van der Waals surface area contributed by atoms with Gasteiger partial charge in [-0.15, -0.1) is 0 Å². The molecule has 0 fully saturated rings. The highest BCUT2D eigenvalue weighted by atomic mass is 32.2. The van der Waals surface area contributed by atoms with Crippen LogP contribution in [0.15, 0.2) is 71.6 Å². The molecular weight excluding hydrogens is 464 g/mol. The van der Waals surface area contributed by atoms with Gasteiger partial charge in [-0.05, 0) is 53.8 Å². The van der Waals surface area contributed by atoms with Gasteiger partial charge in [0.25, 0.3) is 10.0 Å². The highest BCUT2D eigenvalue weighted by Gasteiger charge is 2.28. The number of carbonyl (C=O) groups is 1. The molecule has 0 aromatic heterocycles. The molecular formula is C27H30N2O5S. The van der Waals surface area contributed by atoms with Crippen molar-refractivity contribution in [3.05, 3.63) is 83.4 Å². The predicted octanol–water partition coefficient (Wildman–Crippen LogP) is 4.09. The van der Waals surface area contributed by atoms with E-state index >= 15 is 0 Å². The summed E-state index contributed by atoms with van der Waals surface area (Å²) in [4.78, 5) is 13.2. The van der Waals surface area contributed by atoms with Crippen LogP contribution >= 0.6 is 0 Å². The number of fused-ring (bicyclic) bond motifs is 1. The van der Waals surface area contributed by atoms with Gasteiger partial charge in [0.2, 0.25) is 5.91 Å². The molecule has 0 radical (unpaired) electrons. The first-order chi connectivity index (χ1) is 16.9. The number of rotatable bonds is 9. The Morgan fingerprint density at radius 2 is 1.63 bits per heavy atom. The van der Waals surface area contributed by atoms with Crippen molar-refractivity contribution >= 4 is 21.6 Å². The van der Waals surface area contributed by atoms with E-state index in [2.05, 4.69) is 37.4 Å². The van der Waals surface area contributed by atoms with E-state index in [1.807, 2.05) is 0 Å². The molecule has 0 spiro atoms. The molecule has 3 aromatic rings. The van der Waals surface area contributed by atoms with Crippen molar-refractivity contribution < 1.29 is 22.7 Å². The molecule has 0 aliphatic carbocycles. The van der Waals surface area contributed by atoms with Crippen molar-refractivity contribution in [1.82, 2.24) is 5.32 Å². The molecule has 1 aliphatic heterocycles. The van der Waals surface area contributed by atoms with Gasteiger partial charge in [0, 0.05) is 12.6 Å². The number of aryl methyl sites for hydroxylation is 2. The largest absolute Gasteiger partial charge is 0.486 e. The van der Waals surface area contributed by atoms with Gasteiger partial charge in [0.15, 0.2) is 11.5 Å². The Hall–Kier alpha value is -3.52. The molecule has 1 N–H and O–H groups in total. The summed E-state index contributed by atoms with van der Waals surface area (Å²) in [5.74, 6) is 0.596. The number of nitrogens with zero attached hydrogens (tertiary/aromatic N) is 1. The van der Waals surface area contributed by atoms with Gasteiger partial charge < -0.3 is 14.8 Å². The van der Waals surface area contributed by atoms with E-state index in [1.54, 1.807) is 36.4 Å². The molecule has 0 saturated heterocycles. The predicted molar refractivity (Wildman–Crippen MR) is 135 cm³/mol. The lowest BCUT2D eigenvalue weighted by molar-refractivity contribution is -0.119. The molecule has 1 amide bonds. The van der Waals surface area contributed by atoms with Crippen LogP contribution in [-0.4, -0.2) is 34.1 Å². The number of hydrogen-bond acceptors (Lipinski definition) is 5. The SMILES string of the molecule is CCc1ccc(CC)c(CNC(=O)CN(c2ccc3c(c2)OCCO3)S(=O)(=O)c2ccccc2)c1. The first kappa shape index (κ1) is 24.6. The van der Waals surface area contributed by atoms with Gasteiger partial charge in [-0.3, -0.25) is 9.10 Å². The Balaban J connectivity index is 1.60. The summed E-state index contributed by atoms with van der Waals surface area (Å²) < 4.78 is 39.5. The molecule has 0 atom stereocenters. The number of hydrogen-bond donors (Lipinski definition) is 1. The topological polar surface area (TPSA) is 84.9 Å². The number of ether oxygens (including phenoxy) is 2. The van der Waals surface area contributed by atoms with Crippen LogP contribution in [0.1, 0.15) is 30.5 Å². The third-order valence-corrected chi connectivity index (χ3v) is 7.76. The number of benzene rings is 3. The van der Waals surface area contributed by atoms with E-state index in [9.17, 15) is 13.2 Å². The van der Waals surface area contributed by atoms with E-state index < -0.39 is 15.9 Å². The molecule has 0 saturated carbocycles. The Bertz CT molecular complexity index is 1290. The van der Waals surface area contributed by atoms with Gasteiger partial charge in [0.05, 0.1) is 10.6 Å². The standard InChI is InChI=1S/C27H30N2O5S/c1-3-20-10-11-21(4-2)22(16-20)18-28-27(30)19-29(35(31,32)24-8-6-5-7-9-24)23-12-13-25-26(17-23)34-15-14-33-25/h5-13,16-17H,3-4,14-15,18-19H2,1-2H3,(H,28,30). The summed E-state index contributed by atoms with van der Waals surface area (Å²) in [6.45, 7) is 4.92. The quantitative estimate of drug-likeness (QED) is 0.484. The van der Waals surface area contributed by atoms with Crippen molar-refractivity contribution in [2.45, 2.75) is 38.1 Å². The molecule has 1 aliphatic rings. The highest BCUT2D eigenvalue weighted by Crippen LogP contribution is 2.35. The molecule has 3 aromatic carbocycles. The van der Waals surface area contributed by atoms with E-state index in [0.717, 1.165) is 28.3 Å². The first-order valence-electron chi connectivity index (χ1n) is 11.8. The van der Waals surface area contributed by atoms with E-state index in [4.69, 9.17) is 9.47 Å². The van der Waals surface area contributed by atoms with Crippen molar-refractivity contribution in [1.29, 1.82) is 0 Å². The maximum absolute atomic E-state index is 13.6. The zero-order chi connectivity index (χ0) is 24.8. The number of sulfonamides is 1. The Morgan fingerprint density at radius 3 is 2.34 bits per heavy atom. The van der Waals surface area contributed by atoms with Crippen LogP contribution in [0.2, 0.25) is 0 Å². The number of carbonyl (C=O) groups excluding carboxylic acids is 1. The normalized spacial score (nSPS) is 12.7. The number of amides is 1. The Labute approximate surface area is 206 Å². The third-order valence-electron chi connectivity index (χ3n) is 5.97. The van der Waals surface area contributed by atoms with Crippen molar-refractivity contribution in [3.63, 3.8) is 0 Å². The maximum Gasteiger partial charge on any atom is 0.264 e. The summed E-state index contributed by atoms with van der Waals surface area (Å²) in [6.07, 6.45) is 1.75. The average Bonchev–Trinajstić information content (AvgIpc) is 2.90. The minimum atomic E-state index is -4.01. The first-order valence-corrected chi connectivity index (χ1v) is 13.2. The highest BCUT2D eigenvalue weighted by molar-refractivity contribution is 7.92. The molecule has 0 bridgehead atoms. The zero-order valence-corrected chi connectivity index (χ0v) is 20.8. The fourth-order valence-electron chi connectivity index (χ4n) is 4.01. The van der Waals surface area contributed by atoms with Crippen LogP contribution in [0.25, 0.3) is 0 Å². The minimum absolute atomic E-state index is 0.103. The molecule has 4 rings (SSSR count). The smallest absolute Gasteiger partial charge is 0.264 e. The third kappa shape index (κ3) is 5.59. The molecule has 0 unspecified atom stereocenters. The second kappa shape index (κ2) is 10.8. The van der Waals surface area contributed by atoms with Crippen molar-refractivity contribution in [2.75, 3.05) is 24.1 Å². The average molecular weight is 495 g/mol. The molecule has 35 heavy (non-hydrogen) atoms. The summed E-state index contributed by atoms with van der Waals surface area (Å²) in [6, 6.07) is 19.3. The van der Waals surface area contributed by atoms with E-state index in [1.165, 1.54) is 17.7 Å². The van der Waals surface area contributed by atoms with E-state index in [-0.39, 0.29) is 11.4 Å². The van der Waals surface area contributed by atoms with Gasteiger partial charge in [-0.1, -0.05) is 50.2 Å². The molecule has 8 heteroatoms. The van der Waals surface area contributed by atoms with E-state index in [0.29, 0.717) is 36.9 Å². The second-order valence-corrected chi connectivity index (χ2v) is 10.1. The molecule has 7 nitrogen and oxygen atoms in total. The second-order valence-electron chi connectivity index (χ2n) is 8.24. The van der Waals surface area contributed by atoms with Crippen LogP contribution in [0, 0.1) is 0 Å². The zero-order valence-electron chi connectivity index (χ0n) is 20.0. The van der Waals surface area contributed by atoms with Crippen LogP contribution in [0.3, 0.4) is 0 Å². The Morgan fingerprint density at radius 1 is 0.886 bits per heavy atom. The fourth-order valence-corrected chi connectivity index (χ4v) is 5.44. The lowest BCUT2D eigenvalue weighted by atomic mass is 10.0. The fraction of sp³-hybridized carbons (Fsp3) is 0.296. The van der Waals surface area contributed by atoms with Gasteiger partial charge in [-0.25, -0.2) is 8.42 Å². The summed E-state index contributed by atoms with van der Waals surface area (Å²) in [7, 11) is -4.01. The minimum Gasteiger partial charge on any atom is -0.486 e. The van der Waals surface area contributed by atoms with Gasteiger partial charge >= 0.3 is 0 Å². The van der Waals surface area contributed by atoms with Crippen LogP contribution in [0.5, 0.6) is 11.5 Å². The van der Waals surface area contributed by atoms with Gasteiger partial charge in [0.1, 0.15) is 19.8 Å². The maximum atomic E-state index is 13.6. The van der Waals surface area contributed by atoms with Crippen LogP contribution in [-0.2, 0) is 34.2 Å². The van der Waals surface area contributed by atoms with Crippen LogP contribution in [0.4, 0.5) is 5.69 Å². The van der Waals surface area contributed by atoms with Crippen molar-refractivity contribution in [2.24, 2.45) is 0 Å². The van der Waals surface area contributed by atoms with Crippen molar-refractivity contribution in [3.8, 4) is 11.5 Å². The number of nitrogens with one attached hydrogen (secondary N) is 1. The molecule has 1 heterocycles. The lowest BCUT2D eigenvalue weighted by Gasteiger charge is -2.26. The Kier molecular flexibility index (Phi) is 7.60. The summed E-state index contributed by atoms with van der Waals surface area (Å²) in [5, 5.41) is 2.91. The lowest BCUT2D eigenvalue weighted by Crippen LogP contribution is -2.40. The van der Waals surface area contributed by atoms with Gasteiger partial charge in [-0.2, -0.15) is 0 Å². The number of anilines is 1. The molecule has 184 valence electrons. The summed E-state index contributed by atoms with van der Waals surface area (Å²) >= 11 is 0. The van der Waals surface area contributed by atoms with Crippen LogP contribution < -0.4 is 19.1 Å².